The Bertz CT molecular complexity index is 1280. The van der Waals surface area contributed by atoms with Crippen molar-refractivity contribution in [3.63, 3.8) is 0 Å². The van der Waals surface area contributed by atoms with E-state index in [-0.39, 0.29) is 23.5 Å². The van der Waals surface area contributed by atoms with E-state index in [9.17, 15) is 18.0 Å². The number of amides is 1. The number of sulfonamides is 1. The summed E-state index contributed by atoms with van der Waals surface area (Å²) in [5.74, 6) is -0.672. The Labute approximate surface area is 192 Å². The van der Waals surface area contributed by atoms with Crippen molar-refractivity contribution in [2.24, 2.45) is 5.14 Å². The normalized spacial score (nSPS) is 12.3. The first kappa shape index (κ1) is 24.1. The van der Waals surface area contributed by atoms with Gasteiger partial charge in [-0.3, -0.25) is 4.79 Å². The molecule has 0 saturated carbocycles. The van der Waals surface area contributed by atoms with E-state index >= 15 is 0 Å². The van der Waals surface area contributed by atoms with Crippen LogP contribution in [0.5, 0.6) is 0 Å². The molecule has 0 aliphatic carbocycles. The van der Waals surface area contributed by atoms with Gasteiger partial charge in [-0.15, -0.1) is 0 Å². The highest BCUT2D eigenvalue weighted by Gasteiger charge is 2.21. The number of rotatable bonds is 7. The Balaban J connectivity index is 1.80. The fraction of sp³-hybridized carbons (Fsp3) is 0.261. The largest absolute Gasteiger partial charge is 0.462 e. The molecule has 3 aromatic rings. The van der Waals surface area contributed by atoms with Gasteiger partial charge in [-0.1, -0.05) is 12.1 Å². The Morgan fingerprint density at radius 1 is 1.18 bits per heavy atom. The van der Waals surface area contributed by atoms with Gasteiger partial charge in [0.05, 0.1) is 35.1 Å². The van der Waals surface area contributed by atoms with Crippen LogP contribution in [-0.4, -0.2) is 48.6 Å². The maximum Gasteiger partial charge on any atom is 0.341 e. The first-order valence-corrected chi connectivity index (χ1v) is 11.8. The summed E-state index contributed by atoms with van der Waals surface area (Å²) in [6, 6.07) is 12.7. The van der Waals surface area contributed by atoms with Crippen LogP contribution in [0.25, 0.3) is 5.69 Å². The number of primary sulfonamides is 1. The number of benzene rings is 2. The van der Waals surface area contributed by atoms with Gasteiger partial charge in [0.1, 0.15) is 5.56 Å². The number of nitrogens with zero attached hydrogens (tertiary/aromatic N) is 3. The van der Waals surface area contributed by atoms with Crippen molar-refractivity contribution in [3.8, 4) is 5.69 Å². The highest BCUT2D eigenvalue weighted by molar-refractivity contribution is 7.89. The second kappa shape index (κ2) is 9.55. The Morgan fingerprint density at radius 2 is 1.85 bits per heavy atom. The van der Waals surface area contributed by atoms with Gasteiger partial charge in [-0.05, 0) is 62.7 Å². The van der Waals surface area contributed by atoms with Gasteiger partial charge >= 0.3 is 5.97 Å². The topological polar surface area (TPSA) is 125 Å². The SMILES string of the molecule is CCOC(=O)c1cnn(-c2ccc(C(=O)N(C)C(C)c3cccc(S(N)(=O)=O)c3)cc2)c1C. The van der Waals surface area contributed by atoms with Crippen molar-refractivity contribution in [1.82, 2.24) is 14.7 Å². The molecular formula is C23H26N4O5S. The summed E-state index contributed by atoms with van der Waals surface area (Å²) in [5, 5.41) is 9.47. The number of hydrogen-bond acceptors (Lipinski definition) is 6. The predicted molar refractivity (Wildman–Crippen MR) is 123 cm³/mol. The highest BCUT2D eigenvalue weighted by Crippen LogP contribution is 2.24. The van der Waals surface area contributed by atoms with Crippen molar-refractivity contribution >= 4 is 21.9 Å². The molecule has 2 N–H and O–H groups in total. The lowest BCUT2D eigenvalue weighted by molar-refractivity contribution is 0.0525. The number of ether oxygens (including phenoxy) is 1. The second-order valence-corrected chi connectivity index (χ2v) is 9.09. The summed E-state index contributed by atoms with van der Waals surface area (Å²) in [6.45, 7) is 5.59. The molecule has 1 amide bonds. The molecule has 0 spiro atoms. The van der Waals surface area contributed by atoms with Gasteiger partial charge in [-0.2, -0.15) is 5.10 Å². The maximum absolute atomic E-state index is 13.0. The van der Waals surface area contributed by atoms with E-state index in [0.717, 1.165) is 0 Å². The maximum atomic E-state index is 13.0. The predicted octanol–water partition coefficient (Wildman–Crippen LogP) is 2.84. The number of carbonyl (C=O) groups excluding carboxylic acids is 2. The van der Waals surface area contributed by atoms with Crippen LogP contribution in [0.2, 0.25) is 0 Å². The van der Waals surface area contributed by atoms with E-state index in [1.807, 2.05) is 0 Å². The number of hydrogen-bond donors (Lipinski definition) is 1. The molecule has 0 saturated heterocycles. The summed E-state index contributed by atoms with van der Waals surface area (Å²) in [6.07, 6.45) is 1.46. The molecule has 3 rings (SSSR count). The first-order valence-electron chi connectivity index (χ1n) is 10.3. The third-order valence-corrected chi connectivity index (χ3v) is 6.35. The Morgan fingerprint density at radius 3 is 2.45 bits per heavy atom. The monoisotopic (exact) mass is 470 g/mol. The summed E-state index contributed by atoms with van der Waals surface area (Å²) >= 11 is 0. The summed E-state index contributed by atoms with van der Waals surface area (Å²) in [5.41, 5.74) is 2.80. The number of nitrogens with two attached hydrogens (primary N) is 1. The van der Waals surface area contributed by atoms with Crippen molar-refractivity contribution in [1.29, 1.82) is 0 Å². The third kappa shape index (κ3) is 5.12. The molecule has 0 bridgehead atoms. The van der Waals surface area contributed by atoms with Crippen LogP contribution >= 0.6 is 0 Å². The smallest absolute Gasteiger partial charge is 0.341 e. The summed E-state index contributed by atoms with van der Waals surface area (Å²) in [4.78, 5) is 26.6. The lowest BCUT2D eigenvalue weighted by atomic mass is 10.1. The summed E-state index contributed by atoms with van der Waals surface area (Å²) in [7, 11) is -2.19. The van der Waals surface area contributed by atoms with Crippen LogP contribution in [0.3, 0.4) is 0 Å². The van der Waals surface area contributed by atoms with Crippen LogP contribution in [0.1, 0.15) is 51.9 Å². The molecule has 1 atom stereocenters. The van der Waals surface area contributed by atoms with E-state index < -0.39 is 16.0 Å². The van der Waals surface area contributed by atoms with Gasteiger partial charge in [0.15, 0.2) is 0 Å². The minimum absolute atomic E-state index is 0.00571. The number of aromatic nitrogens is 2. The lowest BCUT2D eigenvalue weighted by Gasteiger charge is -2.26. The fourth-order valence-electron chi connectivity index (χ4n) is 3.38. The summed E-state index contributed by atoms with van der Waals surface area (Å²) < 4.78 is 29.9. The third-order valence-electron chi connectivity index (χ3n) is 5.43. The molecule has 1 heterocycles. The molecule has 174 valence electrons. The molecule has 2 aromatic carbocycles. The van der Waals surface area contributed by atoms with Crippen molar-refractivity contribution in [3.05, 3.63) is 77.1 Å². The van der Waals surface area contributed by atoms with Gasteiger partial charge in [0, 0.05) is 12.6 Å². The first-order chi connectivity index (χ1) is 15.5. The van der Waals surface area contributed by atoms with E-state index in [0.29, 0.717) is 28.1 Å². The molecule has 0 fully saturated rings. The lowest BCUT2D eigenvalue weighted by Crippen LogP contribution is -2.29. The van der Waals surface area contributed by atoms with Crippen LogP contribution in [0.4, 0.5) is 0 Å². The van der Waals surface area contributed by atoms with Crippen molar-refractivity contribution < 1.29 is 22.7 Å². The average Bonchev–Trinajstić information content (AvgIpc) is 3.18. The number of esters is 1. The molecule has 9 nitrogen and oxygen atoms in total. The molecule has 0 radical (unpaired) electrons. The van der Waals surface area contributed by atoms with E-state index in [2.05, 4.69) is 5.10 Å². The van der Waals surface area contributed by atoms with Crippen molar-refractivity contribution in [2.45, 2.75) is 31.7 Å². The minimum atomic E-state index is -3.84. The Hall–Kier alpha value is -3.50. The minimum Gasteiger partial charge on any atom is -0.462 e. The number of carbonyl (C=O) groups is 2. The zero-order valence-corrected chi connectivity index (χ0v) is 19.7. The van der Waals surface area contributed by atoms with Crippen molar-refractivity contribution in [2.75, 3.05) is 13.7 Å². The van der Waals surface area contributed by atoms with Gasteiger partial charge in [0.25, 0.3) is 5.91 Å². The standard InChI is InChI=1S/C23H26N4O5S/c1-5-32-23(29)21-14-25-27(16(21)3)19-11-9-17(10-12-19)22(28)26(4)15(2)18-7-6-8-20(13-18)33(24,30)31/h6-15H,5H2,1-4H3,(H2,24,30,31). The van der Waals surface area contributed by atoms with Gasteiger partial charge < -0.3 is 9.64 Å². The van der Waals surface area contributed by atoms with Crippen LogP contribution in [0, 0.1) is 6.92 Å². The van der Waals surface area contributed by atoms with Crippen LogP contribution in [0.15, 0.2) is 59.6 Å². The zero-order valence-electron chi connectivity index (χ0n) is 18.8. The zero-order chi connectivity index (χ0) is 24.3. The molecule has 33 heavy (non-hydrogen) atoms. The average molecular weight is 471 g/mol. The van der Waals surface area contributed by atoms with E-state index in [1.54, 1.807) is 68.9 Å². The molecule has 1 aromatic heterocycles. The Kier molecular flexibility index (Phi) is 6.99. The molecule has 0 aliphatic heterocycles. The van der Waals surface area contributed by atoms with Crippen LogP contribution < -0.4 is 5.14 Å². The second-order valence-electron chi connectivity index (χ2n) is 7.53. The van der Waals surface area contributed by atoms with Crippen LogP contribution in [-0.2, 0) is 14.8 Å². The molecular weight excluding hydrogens is 444 g/mol. The quantitative estimate of drug-likeness (QED) is 0.530. The van der Waals surface area contributed by atoms with Gasteiger partial charge in [-0.25, -0.2) is 23.0 Å². The fourth-order valence-corrected chi connectivity index (χ4v) is 3.95. The van der Waals surface area contributed by atoms with Gasteiger partial charge in [0.2, 0.25) is 10.0 Å². The van der Waals surface area contributed by atoms with E-state index in [4.69, 9.17) is 9.88 Å². The molecule has 0 aliphatic rings. The molecule has 10 heteroatoms. The highest BCUT2D eigenvalue weighted by atomic mass is 32.2. The van der Waals surface area contributed by atoms with E-state index in [1.165, 1.54) is 23.2 Å². The molecule has 1 unspecified atom stereocenters.